The van der Waals surface area contributed by atoms with Gasteiger partial charge in [-0.1, -0.05) is 18.2 Å². The van der Waals surface area contributed by atoms with Gasteiger partial charge in [0.2, 0.25) is 11.7 Å². The van der Waals surface area contributed by atoms with E-state index in [0.717, 1.165) is 0 Å². The number of carbonyl (C=O) groups excluding carboxylic acids is 4. The van der Waals surface area contributed by atoms with E-state index in [4.69, 9.17) is 5.11 Å². The SMILES string of the molecule is O=C(Nc1ccc(C(=O)O)cc1)C(=O)[C@@H]1CCCN1C(=O)CNC(=O)c1ccnc2ccccc12. The third-order valence-electron chi connectivity index (χ3n) is 5.78. The number of ketones is 1. The Bertz CT molecular complexity index is 1320. The number of fused-ring (bicyclic) bond motifs is 1. The predicted molar refractivity (Wildman–Crippen MR) is 126 cm³/mol. The third-order valence-corrected chi connectivity index (χ3v) is 5.78. The Labute approximate surface area is 199 Å². The molecule has 35 heavy (non-hydrogen) atoms. The Balaban J connectivity index is 1.37. The summed E-state index contributed by atoms with van der Waals surface area (Å²) in [6.07, 6.45) is 2.40. The Morgan fingerprint density at radius 3 is 2.49 bits per heavy atom. The average Bonchev–Trinajstić information content (AvgIpc) is 3.36. The first kappa shape index (κ1) is 23.6. The molecular weight excluding hydrogens is 452 g/mol. The molecule has 3 amide bonds. The number of nitrogens with zero attached hydrogens (tertiary/aromatic N) is 2. The predicted octanol–water partition coefficient (Wildman–Crippen LogP) is 1.86. The van der Waals surface area contributed by atoms with Gasteiger partial charge in [0.1, 0.15) is 6.04 Å². The zero-order valence-electron chi connectivity index (χ0n) is 18.6. The van der Waals surface area contributed by atoms with Crippen molar-refractivity contribution in [3.8, 4) is 0 Å². The molecule has 1 aliphatic rings. The molecule has 1 saturated heterocycles. The van der Waals surface area contributed by atoms with Gasteiger partial charge < -0.3 is 20.6 Å². The molecule has 0 bridgehead atoms. The van der Waals surface area contributed by atoms with Crippen molar-refractivity contribution in [3.63, 3.8) is 0 Å². The number of nitrogens with one attached hydrogen (secondary N) is 2. The molecule has 1 aromatic heterocycles. The molecule has 2 heterocycles. The Morgan fingerprint density at radius 1 is 1.00 bits per heavy atom. The van der Waals surface area contributed by atoms with Crippen LogP contribution in [0.1, 0.15) is 33.6 Å². The summed E-state index contributed by atoms with van der Waals surface area (Å²) in [5, 5.41) is 14.6. The second-order valence-electron chi connectivity index (χ2n) is 8.00. The van der Waals surface area contributed by atoms with E-state index in [0.29, 0.717) is 35.9 Å². The van der Waals surface area contributed by atoms with Gasteiger partial charge in [0.25, 0.3) is 11.8 Å². The number of amides is 3. The smallest absolute Gasteiger partial charge is 0.335 e. The molecule has 1 fully saturated rings. The van der Waals surface area contributed by atoms with Crippen LogP contribution in [0.2, 0.25) is 0 Å². The number of carbonyl (C=O) groups is 5. The molecule has 178 valence electrons. The highest BCUT2D eigenvalue weighted by atomic mass is 16.4. The molecule has 0 unspecified atom stereocenters. The fourth-order valence-corrected chi connectivity index (χ4v) is 4.02. The molecule has 0 radical (unpaired) electrons. The van der Waals surface area contributed by atoms with Gasteiger partial charge in [-0.3, -0.25) is 24.2 Å². The molecule has 4 rings (SSSR count). The second-order valence-corrected chi connectivity index (χ2v) is 8.00. The number of aromatic nitrogens is 1. The number of hydrogen-bond acceptors (Lipinski definition) is 6. The van der Waals surface area contributed by atoms with Gasteiger partial charge in [-0.05, 0) is 49.2 Å². The van der Waals surface area contributed by atoms with E-state index in [1.807, 2.05) is 6.07 Å². The highest BCUT2D eigenvalue weighted by Crippen LogP contribution is 2.20. The number of hydrogen-bond donors (Lipinski definition) is 3. The van der Waals surface area contributed by atoms with E-state index in [2.05, 4.69) is 15.6 Å². The van der Waals surface area contributed by atoms with Crippen molar-refractivity contribution < 1.29 is 29.1 Å². The van der Waals surface area contributed by atoms with Crippen molar-refractivity contribution >= 4 is 46.1 Å². The second kappa shape index (κ2) is 10.1. The molecule has 10 heteroatoms. The van der Waals surface area contributed by atoms with Crippen LogP contribution in [-0.2, 0) is 14.4 Å². The zero-order valence-corrected chi connectivity index (χ0v) is 18.6. The van der Waals surface area contributed by atoms with Crippen molar-refractivity contribution in [3.05, 3.63) is 71.9 Å². The Morgan fingerprint density at radius 2 is 1.74 bits per heavy atom. The van der Waals surface area contributed by atoms with E-state index < -0.39 is 35.5 Å². The summed E-state index contributed by atoms with van der Waals surface area (Å²) < 4.78 is 0. The van der Waals surface area contributed by atoms with E-state index in [-0.39, 0.29) is 17.8 Å². The summed E-state index contributed by atoms with van der Waals surface area (Å²) in [6, 6.07) is 13.2. The van der Waals surface area contributed by atoms with Crippen LogP contribution in [0.3, 0.4) is 0 Å². The number of carboxylic acid groups (broad SMARTS) is 1. The number of pyridine rings is 1. The molecule has 0 aliphatic carbocycles. The van der Waals surface area contributed by atoms with Crippen molar-refractivity contribution in [2.24, 2.45) is 0 Å². The first-order chi connectivity index (χ1) is 16.8. The molecule has 1 atom stereocenters. The maximum atomic E-state index is 12.8. The topological polar surface area (TPSA) is 146 Å². The average molecular weight is 474 g/mol. The monoisotopic (exact) mass is 474 g/mol. The molecule has 0 saturated carbocycles. The van der Waals surface area contributed by atoms with Gasteiger partial charge in [-0.15, -0.1) is 0 Å². The van der Waals surface area contributed by atoms with Gasteiger partial charge in [0, 0.05) is 23.8 Å². The fourth-order valence-electron chi connectivity index (χ4n) is 4.02. The molecule has 3 N–H and O–H groups in total. The van der Waals surface area contributed by atoms with Crippen LogP contribution >= 0.6 is 0 Å². The Kier molecular flexibility index (Phi) is 6.81. The van der Waals surface area contributed by atoms with Crippen molar-refractivity contribution in [1.82, 2.24) is 15.2 Å². The summed E-state index contributed by atoms with van der Waals surface area (Å²) >= 11 is 0. The van der Waals surface area contributed by atoms with E-state index >= 15 is 0 Å². The van der Waals surface area contributed by atoms with Gasteiger partial charge in [0.15, 0.2) is 0 Å². The minimum atomic E-state index is -1.11. The summed E-state index contributed by atoms with van der Waals surface area (Å²) in [7, 11) is 0. The summed E-state index contributed by atoms with van der Waals surface area (Å²) in [6.45, 7) is -0.0264. The van der Waals surface area contributed by atoms with Crippen molar-refractivity contribution in [2.75, 3.05) is 18.4 Å². The first-order valence-corrected chi connectivity index (χ1v) is 10.9. The molecule has 1 aliphatic heterocycles. The standard InChI is InChI=1S/C25H22N4O6/c30-21(14-27-23(32)18-11-12-26-19-5-2-1-4-17(18)19)29-13-3-6-20(29)22(31)24(33)28-16-9-7-15(8-10-16)25(34)35/h1-2,4-5,7-12,20H,3,6,13-14H2,(H,27,32)(H,28,33)(H,34,35)/t20-/m0/s1. The number of anilines is 1. The summed E-state index contributed by atoms with van der Waals surface area (Å²) in [5.41, 5.74) is 1.34. The first-order valence-electron chi connectivity index (χ1n) is 10.9. The van der Waals surface area contributed by atoms with E-state index in [1.54, 1.807) is 24.3 Å². The molecule has 3 aromatic rings. The number of rotatable bonds is 7. The van der Waals surface area contributed by atoms with Crippen LogP contribution in [-0.4, -0.2) is 63.6 Å². The highest BCUT2D eigenvalue weighted by Gasteiger charge is 2.37. The summed E-state index contributed by atoms with van der Waals surface area (Å²) in [4.78, 5) is 67.2. The van der Waals surface area contributed by atoms with Crippen LogP contribution in [0.15, 0.2) is 60.8 Å². The number of Topliss-reactive ketones (excluding diaryl/α,β-unsaturated/α-hetero) is 1. The molecule has 2 aromatic carbocycles. The van der Waals surface area contributed by atoms with Crippen LogP contribution in [0, 0.1) is 0 Å². The maximum Gasteiger partial charge on any atom is 0.335 e. The van der Waals surface area contributed by atoms with Crippen LogP contribution in [0.25, 0.3) is 10.9 Å². The van der Waals surface area contributed by atoms with E-state index in [1.165, 1.54) is 35.4 Å². The van der Waals surface area contributed by atoms with Crippen molar-refractivity contribution in [2.45, 2.75) is 18.9 Å². The van der Waals surface area contributed by atoms with Gasteiger partial charge in [-0.2, -0.15) is 0 Å². The lowest BCUT2D eigenvalue weighted by atomic mass is 10.1. The minimum Gasteiger partial charge on any atom is -0.478 e. The minimum absolute atomic E-state index is 0.0451. The molecular formula is C25H22N4O6. The maximum absolute atomic E-state index is 12.8. The van der Waals surface area contributed by atoms with Crippen LogP contribution < -0.4 is 10.6 Å². The molecule has 0 spiro atoms. The number of aromatic carboxylic acids is 1. The fraction of sp³-hybridized carbons (Fsp3) is 0.200. The third kappa shape index (κ3) is 5.16. The van der Waals surface area contributed by atoms with Gasteiger partial charge in [0.05, 0.1) is 23.2 Å². The number of likely N-dealkylation sites (tertiary alicyclic amines) is 1. The quantitative estimate of drug-likeness (QED) is 0.443. The lowest BCUT2D eigenvalue weighted by Gasteiger charge is -2.23. The van der Waals surface area contributed by atoms with Crippen LogP contribution in [0.5, 0.6) is 0 Å². The zero-order chi connectivity index (χ0) is 24.9. The largest absolute Gasteiger partial charge is 0.478 e. The number of benzene rings is 2. The number of para-hydroxylation sites is 1. The normalized spacial score (nSPS) is 15.0. The van der Waals surface area contributed by atoms with Gasteiger partial charge in [-0.25, -0.2) is 4.79 Å². The molecule has 10 nitrogen and oxygen atoms in total. The summed E-state index contributed by atoms with van der Waals surface area (Å²) in [5.74, 6) is -3.69. The lowest BCUT2D eigenvalue weighted by molar-refractivity contribution is -0.141. The number of carboxylic acids is 1. The lowest BCUT2D eigenvalue weighted by Crippen LogP contribution is -2.48. The Hall–Kier alpha value is -4.60. The van der Waals surface area contributed by atoms with E-state index in [9.17, 15) is 24.0 Å². The van der Waals surface area contributed by atoms with Crippen molar-refractivity contribution in [1.29, 1.82) is 0 Å². The highest BCUT2D eigenvalue weighted by molar-refractivity contribution is 6.42. The van der Waals surface area contributed by atoms with Gasteiger partial charge >= 0.3 is 5.97 Å². The van der Waals surface area contributed by atoms with Crippen LogP contribution in [0.4, 0.5) is 5.69 Å².